The van der Waals surface area contributed by atoms with E-state index in [1.165, 1.54) is 11.1 Å². The van der Waals surface area contributed by atoms with Crippen LogP contribution >= 0.6 is 0 Å². The molecule has 3 aromatic rings. The molecule has 0 radical (unpaired) electrons. The predicted octanol–water partition coefficient (Wildman–Crippen LogP) is 4.61. The van der Waals surface area contributed by atoms with Gasteiger partial charge in [0.05, 0.1) is 17.8 Å². The maximum absolute atomic E-state index is 13.0. The summed E-state index contributed by atoms with van der Waals surface area (Å²) in [6.07, 6.45) is 6.70. The van der Waals surface area contributed by atoms with E-state index in [0.717, 1.165) is 49.6 Å². The molecule has 1 aliphatic rings. The van der Waals surface area contributed by atoms with Crippen LogP contribution in [-0.2, 0) is 6.42 Å². The monoisotopic (exact) mass is 403 g/mol. The second-order valence-electron chi connectivity index (χ2n) is 7.76. The molecular weight excluding hydrogens is 374 g/mol. The van der Waals surface area contributed by atoms with E-state index in [4.69, 9.17) is 0 Å². The van der Waals surface area contributed by atoms with Crippen LogP contribution in [0.5, 0.6) is 0 Å². The average Bonchev–Trinajstić information content (AvgIpc) is 3.14. The number of carbonyl (C=O) groups is 1. The number of carbonyl (C=O) groups excluding carboxylic acids is 1. The Balaban J connectivity index is 1.58. The minimum Gasteiger partial charge on any atom is -0.357 e. The van der Waals surface area contributed by atoms with Crippen molar-refractivity contribution >= 4 is 17.5 Å². The summed E-state index contributed by atoms with van der Waals surface area (Å²) in [5.41, 5.74) is 4.17. The van der Waals surface area contributed by atoms with Crippen molar-refractivity contribution in [3.8, 4) is 0 Å². The first-order valence-electron chi connectivity index (χ1n) is 10.8. The quantitative estimate of drug-likeness (QED) is 0.653. The zero-order valence-electron chi connectivity index (χ0n) is 17.9. The lowest BCUT2D eigenvalue weighted by Crippen LogP contribution is -2.24. The maximum atomic E-state index is 13.0. The summed E-state index contributed by atoms with van der Waals surface area (Å²) in [4.78, 5) is 19.6. The molecule has 0 aliphatic heterocycles. The van der Waals surface area contributed by atoms with Gasteiger partial charge in [-0.05, 0) is 63.3 Å². The number of nitrogens with zero attached hydrogens (tertiary/aromatic N) is 4. The van der Waals surface area contributed by atoms with Gasteiger partial charge in [0.1, 0.15) is 11.6 Å². The molecule has 4 rings (SSSR count). The number of hydrogen-bond donors (Lipinski definition) is 1. The number of anilines is 2. The Morgan fingerprint density at radius 1 is 1.17 bits per heavy atom. The van der Waals surface area contributed by atoms with Gasteiger partial charge in [-0.15, -0.1) is 0 Å². The van der Waals surface area contributed by atoms with Crippen LogP contribution in [-0.4, -0.2) is 33.8 Å². The summed E-state index contributed by atoms with van der Waals surface area (Å²) in [7, 11) is 0. The van der Waals surface area contributed by atoms with Crippen LogP contribution in [0, 0.1) is 6.92 Å². The van der Waals surface area contributed by atoms with E-state index in [9.17, 15) is 4.79 Å². The summed E-state index contributed by atoms with van der Waals surface area (Å²) in [6, 6.07) is 12.4. The predicted molar refractivity (Wildman–Crippen MR) is 120 cm³/mol. The Bertz CT molecular complexity index is 1020. The smallest absolute Gasteiger partial charge is 0.258 e. The molecule has 6 heteroatoms. The zero-order valence-corrected chi connectivity index (χ0v) is 17.9. The van der Waals surface area contributed by atoms with Crippen molar-refractivity contribution in [2.24, 2.45) is 0 Å². The number of amides is 1. The van der Waals surface area contributed by atoms with Gasteiger partial charge in [0.2, 0.25) is 0 Å². The van der Waals surface area contributed by atoms with Crippen LogP contribution in [0.2, 0.25) is 0 Å². The molecule has 1 N–H and O–H groups in total. The van der Waals surface area contributed by atoms with Gasteiger partial charge in [0.15, 0.2) is 0 Å². The summed E-state index contributed by atoms with van der Waals surface area (Å²) < 4.78 is 1.98. The largest absolute Gasteiger partial charge is 0.357 e. The number of fused-ring (bicyclic) bond motifs is 1. The molecule has 1 unspecified atom stereocenters. The van der Waals surface area contributed by atoms with E-state index in [0.29, 0.717) is 5.56 Å². The van der Waals surface area contributed by atoms with Crippen molar-refractivity contribution < 1.29 is 4.79 Å². The fourth-order valence-corrected chi connectivity index (χ4v) is 4.26. The molecule has 2 aromatic heterocycles. The Hall–Kier alpha value is -3.15. The molecule has 1 atom stereocenters. The second-order valence-corrected chi connectivity index (χ2v) is 7.76. The first kappa shape index (κ1) is 20.1. The van der Waals surface area contributed by atoms with Crippen molar-refractivity contribution in [1.82, 2.24) is 14.8 Å². The van der Waals surface area contributed by atoms with E-state index in [2.05, 4.69) is 58.4 Å². The average molecular weight is 404 g/mol. The van der Waals surface area contributed by atoms with Gasteiger partial charge in [-0.1, -0.05) is 24.3 Å². The van der Waals surface area contributed by atoms with E-state index < -0.39 is 0 Å². The molecule has 1 aliphatic carbocycles. The molecular formula is C24H29N5O. The standard InChI is InChI=1S/C24H29N5O/c1-4-28(5-2)22-14-13-19(16-25-22)24(30)27-23-17(3)15-26-29(23)21-12-8-10-18-9-6-7-11-20(18)21/h6-7,9,11,13-16,21H,4-5,8,10,12H2,1-3H3,(H,27,30). The molecule has 0 fully saturated rings. The molecule has 6 nitrogen and oxygen atoms in total. The lowest BCUT2D eigenvalue weighted by molar-refractivity contribution is 0.102. The van der Waals surface area contributed by atoms with Gasteiger partial charge < -0.3 is 10.2 Å². The van der Waals surface area contributed by atoms with Gasteiger partial charge in [0.25, 0.3) is 5.91 Å². The molecule has 1 aromatic carbocycles. The number of rotatable bonds is 6. The number of aryl methyl sites for hydroxylation is 2. The lowest BCUT2D eigenvalue weighted by atomic mass is 9.88. The number of hydrogen-bond acceptors (Lipinski definition) is 4. The normalized spacial score (nSPS) is 15.5. The van der Waals surface area contributed by atoms with E-state index in [1.807, 2.05) is 29.9 Å². The van der Waals surface area contributed by atoms with E-state index in [1.54, 1.807) is 6.20 Å². The minimum absolute atomic E-state index is 0.141. The van der Waals surface area contributed by atoms with Gasteiger partial charge in [-0.3, -0.25) is 4.79 Å². The summed E-state index contributed by atoms with van der Waals surface area (Å²) in [5.74, 6) is 1.48. The van der Waals surface area contributed by atoms with Crippen LogP contribution in [0.4, 0.5) is 11.6 Å². The topological polar surface area (TPSA) is 63.1 Å². The third-order valence-corrected chi connectivity index (χ3v) is 5.94. The Morgan fingerprint density at radius 2 is 1.97 bits per heavy atom. The van der Waals surface area contributed by atoms with Crippen LogP contribution in [0.15, 0.2) is 48.8 Å². The first-order chi connectivity index (χ1) is 14.6. The molecule has 0 spiro atoms. The Kier molecular flexibility index (Phi) is 5.84. The van der Waals surface area contributed by atoms with Crippen LogP contribution in [0.3, 0.4) is 0 Å². The molecule has 0 saturated carbocycles. The molecule has 0 bridgehead atoms. The SMILES string of the molecule is CCN(CC)c1ccc(C(=O)Nc2c(C)cnn2C2CCCc3ccccc32)cn1. The highest BCUT2D eigenvalue weighted by molar-refractivity contribution is 6.04. The fourth-order valence-electron chi connectivity index (χ4n) is 4.26. The Morgan fingerprint density at radius 3 is 2.70 bits per heavy atom. The highest BCUT2D eigenvalue weighted by Crippen LogP contribution is 2.35. The van der Waals surface area contributed by atoms with Crippen molar-refractivity contribution in [1.29, 1.82) is 0 Å². The van der Waals surface area contributed by atoms with Crippen LogP contribution in [0.1, 0.15) is 59.8 Å². The third kappa shape index (κ3) is 3.82. The van der Waals surface area contributed by atoms with Gasteiger partial charge >= 0.3 is 0 Å². The third-order valence-electron chi connectivity index (χ3n) is 5.94. The van der Waals surface area contributed by atoms with E-state index >= 15 is 0 Å². The van der Waals surface area contributed by atoms with Crippen molar-refractivity contribution in [3.05, 3.63) is 71.0 Å². The Labute approximate surface area is 177 Å². The van der Waals surface area contributed by atoms with E-state index in [-0.39, 0.29) is 11.9 Å². The van der Waals surface area contributed by atoms with Crippen molar-refractivity contribution in [2.75, 3.05) is 23.3 Å². The molecule has 0 saturated heterocycles. The molecule has 2 heterocycles. The highest BCUT2D eigenvalue weighted by atomic mass is 16.1. The number of nitrogens with one attached hydrogen (secondary N) is 1. The fraction of sp³-hybridized carbons (Fsp3) is 0.375. The second kappa shape index (κ2) is 8.69. The number of benzene rings is 1. The summed E-state index contributed by atoms with van der Waals surface area (Å²) >= 11 is 0. The van der Waals surface area contributed by atoms with Gasteiger partial charge in [-0.25, -0.2) is 9.67 Å². The first-order valence-corrected chi connectivity index (χ1v) is 10.8. The van der Waals surface area contributed by atoms with Crippen LogP contribution < -0.4 is 10.2 Å². The zero-order chi connectivity index (χ0) is 21.1. The lowest BCUT2D eigenvalue weighted by Gasteiger charge is -2.27. The number of aromatic nitrogens is 3. The van der Waals surface area contributed by atoms with Gasteiger partial charge in [0, 0.05) is 24.8 Å². The molecule has 1 amide bonds. The number of pyridine rings is 1. The van der Waals surface area contributed by atoms with Gasteiger partial charge in [-0.2, -0.15) is 5.10 Å². The summed E-state index contributed by atoms with van der Waals surface area (Å²) in [5, 5.41) is 7.71. The maximum Gasteiger partial charge on any atom is 0.258 e. The highest BCUT2D eigenvalue weighted by Gasteiger charge is 2.25. The summed E-state index contributed by atoms with van der Waals surface area (Å²) in [6.45, 7) is 7.94. The molecule has 156 valence electrons. The van der Waals surface area contributed by atoms with Crippen molar-refractivity contribution in [3.63, 3.8) is 0 Å². The molecule has 30 heavy (non-hydrogen) atoms. The minimum atomic E-state index is -0.164. The van der Waals surface area contributed by atoms with Crippen LogP contribution in [0.25, 0.3) is 0 Å². The van der Waals surface area contributed by atoms with Crippen molar-refractivity contribution in [2.45, 2.75) is 46.1 Å².